The SMILES string of the molecule is CC(C)Cn1nccc1NC(=O)c1occc1C(C)C. The highest BCUT2D eigenvalue weighted by atomic mass is 16.3. The van der Waals surface area contributed by atoms with E-state index in [1.54, 1.807) is 23.2 Å². The molecule has 5 heteroatoms. The number of carbonyl (C=O) groups excluding carboxylic acids is 1. The molecule has 1 amide bonds. The Morgan fingerprint density at radius 2 is 2.10 bits per heavy atom. The van der Waals surface area contributed by atoms with Crippen LogP contribution in [0.5, 0.6) is 0 Å². The Bertz CT molecular complexity index is 581. The molecule has 2 heterocycles. The van der Waals surface area contributed by atoms with Crippen molar-refractivity contribution in [3.8, 4) is 0 Å². The van der Waals surface area contributed by atoms with Crippen molar-refractivity contribution >= 4 is 11.7 Å². The number of rotatable bonds is 5. The average molecular weight is 275 g/mol. The highest BCUT2D eigenvalue weighted by Crippen LogP contribution is 2.21. The van der Waals surface area contributed by atoms with Crippen LogP contribution in [0.4, 0.5) is 5.82 Å². The quantitative estimate of drug-likeness (QED) is 0.908. The predicted molar refractivity (Wildman–Crippen MR) is 77.8 cm³/mol. The predicted octanol–water partition coefficient (Wildman–Crippen LogP) is 3.51. The number of nitrogens with one attached hydrogen (secondary N) is 1. The van der Waals surface area contributed by atoms with Crippen molar-refractivity contribution < 1.29 is 9.21 Å². The van der Waals surface area contributed by atoms with E-state index in [0.29, 0.717) is 17.5 Å². The first kappa shape index (κ1) is 14.4. The molecule has 0 aromatic carbocycles. The van der Waals surface area contributed by atoms with Gasteiger partial charge in [0.2, 0.25) is 0 Å². The summed E-state index contributed by atoms with van der Waals surface area (Å²) < 4.78 is 7.11. The van der Waals surface area contributed by atoms with Gasteiger partial charge in [0.15, 0.2) is 5.76 Å². The summed E-state index contributed by atoms with van der Waals surface area (Å²) in [4.78, 5) is 12.3. The van der Waals surface area contributed by atoms with Crippen LogP contribution in [0.2, 0.25) is 0 Å². The largest absolute Gasteiger partial charge is 0.459 e. The van der Waals surface area contributed by atoms with Gasteiger partial charge in [-0.3, -0.25) is 4.79 Å². The summed E-state index contributed by atoms with van der Waals surface area (Å²) in [5.41, 5.74) is 0.914. The number of nitrogens with zero attached hydrogens (tertiary/aromatic N) is 2. The lowest BCUT2D eigenvalue weighted by Crippen LogP contribution is -2.18. The van der Waals surface area contributed by atoms with Gasteiger partial charge in [0.05, 0.1) is 12.5 Å². The van der Waals surface area contributed by atoms with Crippen LogP contribution in [0.3, 0.4) is 0 Å². The lowest BCUT2D eigenvalue weighted by molar-refractivity contribution is 0.0994. The fourth-order valence-electron chi connectivity index (χ4n) is 2.06. The van der Waals surface area contributed by atoms with Crippen LogP contribution in [-0.2, 0) is 6.54 Å². The van der Waals surface area contributed by atoms with Gasteiger partial charge in [-0.15, -0.1) is 0 Å². The van der Waals surface area contributed by atoms with Crippen molar-refractivity contribution in [2.75, 3.05) is 5.32 Å². The number of carbonyl (C=O) groups is 1. The summed E-state index contributed by atoms with van der Waals surface area (Å²) in [5.74, 6) is 1.53. The minimum atomic E-state index is -0.232. The smallest absolute Gasteiger partial charge is 0.292 e. The van der Waals surface area contributed by atoms with Crippen molar-refractivity contribution in [1.82, 2.24) is 9.78 Å². The highest BCUT2D eigenvalue weighted by molar-refractivity contribution is 6.02. The van der Waals surface area contributed by atoms with E-state index in [-0.39, 0.29) is 11.8 Å². The van der Waals surface area contributed by atoms with Crippen LogP contribution >= 0.6 is 0 Å². The fourth-order valence-corrected chi connectivity index (χ4v) is 2.06. The van der Waals surface area contributed by atoms with E-state index in [9.17, 15) is 4.79 Å². The van der Waals surface area contributed by atoms with E-state index in [0.717, 1.165) is 12.1 Å². The Morgan fingerprint density at radius 1 is 1.35 bits per heavy atom. The zero-order valence-electron chi connectivity index (χ0n) is 12.4. The molecule has 20 heavy (non-hydrogen) atoms. The summed E-state index contributed by atoms with van der Waals surface area (Å²) >= 11 is 0. The molecule has 0 atom stereocenters. The Morgan fingerprint density at radius 3 is 2.75 bits per heavy atom. The van der Waals surface area contributed by atoms with Crippen LogP contribution in [0.1, 0.15) is 49.7 Å². The third kappa shape index (κ3) is 3.10. The second-order valence-corrected chi connectivity index (χ2v) is 5.61. The van der Waals surface area contributed by atoms with Gasteiger partial charge >= 0.3 is 0 Å². The van der Waals surface area contributed by atoms with Crippen molar-refractivity contribution in [3.63, 3.8) is 0 Å². The van der Waals surface area contributed by atoms with Gasteiger partial charge < -0.3 is 9.73 Å². The molecule has 1 N–H and O–H groups in total. The van der Waals surface area contributed by atoms with Gasteiger partial charge in [0, 0.05) is 18.2 Å². The van der Waals surface area contributed by atoms with Gasteiger partial charge in [0.1, 0.15) is 5.82 Å². The molecule has 108 valence electrons. The summed E-state index contributed by atoms with van der Waals surface area (Å²) in [6, 6.07) is 3.63. The Balaban J connectivity index is 2.16. The summed E-state index contributed by atoms with van der Waals surface area (Å²) in [5, 5.41) is 7.08. The molecule has 0 radical (unpaired) electrons. The lowest BCUT2D eigenvalue weighted by atomic mass is 10.0. The van der Waals surface area contributed by atoms with E-state index in [1.807, 2.05) is 19.9 Å². The van der Waals surface area contributed by atoms with Crippen LogP contribution in [0.25, 0.3) is 0 Å². The van der Waals surface area contributed by atoms with E-state index in [2.05, 4.69) is 24.3 Å². The second kappa shape index (κ2) is 5.94. The molecular weight excluding hydrogens is 254 g/mol. The second-order valence-electron chi connectivity index (χ2n) is 5.61. The first-order valence-electron chi connectivity index (χ1n) is 6.89. The van der Waals surface area contributed by atoms with E-state index in [4.69, 9.17) is 4.42 Å². The monoisotopic (exact) mass is 275 g/mol. The van der Waals surface area contributed by atoms with Gasteiger partial charge in [0.25, 0.3) is 5.91 Å². The molecular formula is C15H21N3O2. The molecule has 0 bridgehead atoms. The van der Waals surface area contributed by atoms with Gasteiger partial charge in [-0.05, 0) is 17.9 Å². The fraction of sp³-hybridized carbons (Fsp3) is 0.467. The Hall–Kier alpha value is -2.04. The number of anilines is 1. The molecule has 2 aromatic rings. The first-order valence-corrected chi connectivity index (χ1v) is 6.89. The van der Waals surface area contributed by atoms with Crippen LogP contribution in [0, 0.1) is 5.92 Å². The van der Waals surface area contributed by atoms with Gasteiger partial charge in [-0.1, -0.05) is 27.7 Å². The first-order chi connectivity index (χ1) is 9.49. The topological polar surface area (TPSA) is 60.1 Å². The van der Waals surface area contributed by atoms with E-state index >= 15 is 0 Å². The average Bonchev–Trinajstić information content (AvgIpc) is 2.97. The molecule has 2 aromatic heterocycles. The van der Waals surface area contributed by atoms with Crippen molar-refractivity contribution in [2.24, 2.45) is 5.92 Å². The van der Waals surface area contributed by atoms with E-state index in [1.165, 1.54) is 0 Å². The number of amides is 1. The molecule has 0 unspecified atom stereocenters. The van der Waals surface area contributed by atoms with Crippen molar-refractivity contribution in [1.29, 1.82) is 0 Å². The van der Waals surface area contributed by atoms with Crippen molar-refractivity contribution in [2.45, 2.75) is 40.2 Å². The van der Waals surface area contributed by atoms with Gasteiger partial charge in [-0.2, -0.15) is 5.10 Å². The Labute approximate surface area is 119 Å². The number of hydrogen-bond donors (Lipinski definition) is 1. The summed E-state index contributed by atoms with van der Waals surface area (Å²) in [6.07, 6.45) is 3.24. The summed E-state index contributed by atoms with van der Waals surface area (Å²) in [7, 11) is 0. The summed E-state index contributed by atoms with van der Waals surface area (Å²) in [6.45, 7) is 9.04. The zero-order valence-corrected chi connectivity index (χ0v) is 12.4. The van der Waals surface area contributed by atoms with Crippen molar-refractivity contribution in [3.05, 3.63) is 35.9 Å². The van der Waals surface area contributed by atoms with Crippen LogP contribution in [-0.4, -0.2) is 15.7 Å². The highest BCUT2D eigenvalue weighted by Gasteiger charge is 2.19. The maximum atomic E-state index is 12.3. The maximum absolute atomic E-state index is 12.3. The lowest BCUT2D eigenvalue weighted by Gasteiger charge is -2.11. The number of hydrogen-bond acceptors (Lipinski definition) is 3. The standard InChI is InChI=1S/C15H21N3O2/c1-10(2)9-18-13(5-7-16-18)17-15(19)14-12(11(3)4)6-8-20-14/h5-8,10-11H,9H2,1-4H3,(H,17,19). The molecule has 5 nitrogen and oxygen atoms in total. The van der Waals surface area contributed by atoms with Crippen LogP contribution in [0.15, 0.2) is 29.0 Å². The minimum Gasteiger partial charge on any atom is -0.459 e. The van der Waals surface area contributed by atoms with Gasteiger partial charge in [-0.25, -0.2) is 4.68 Å². The molecule has 2 rings (SSSR count). The molecule has 0 saturated heterocycles. The van der Waals surface area contributed by atoms with Crippen LogP contribution < -0.4 is 5.32 Å². The molecule has 0 saturated carbocycles. The molecule has 0 spiro atoms. The van der Waals surface area contributed by atoms with E-state index < -0.39 is 0 Å². The number of furan rings is 1. The molecule has 0 fully saturated rings. The Kier molecular flexibility index (Phi) is 4.27. The third-order valence-electron chi connectivity index (χ3n) is 3.02. The number of aromatic nitrogens is 2. The normalized spacial score (nSPS) is 11.3. The molecule has 0 aliphatic heterocycles. The molecule has 0 aliphatic carbocycles. The minimum absolute atomic E-state index is 0.232. The third-order valence-corrected chi connectivity index (χ3v) is 3.02. The zero-order chi connectivity index (χ0) is 14.7. The molecule has 0 aliphatic rings. The maximum Gasteiger partial charge on any atom is 0.292 e.